The minimum absolute atomic E-state index is 0.0992. The van der Waals surface area contributed by atoms with Crippen molar-refractivity contribution in [2.45, 2.75) is 11.8 Å². The topological polar surface area (TPSA) is 111 Å². The zero-order valence-corrected chi connectivity index (χ0v) is 12.1. The van der Waals surface area contributed by atoms with Crippen LogP contribution in [-0.2, 0) is 14.8 Å². The average Bonchev–Trinajstić information content (AvgIpc) is 2.42. The largest absolute Gasteiger partial charge is 0.387 e. The Hall–Kier alpha value is -1.71. The van der Waals surface area contributed by atoms with Gasteiger partial charge in [-0.05, 0) is 13.0 Å². The van der Waals surface area contributed by atoms with Gasteiger partial charge in [-0.25, -0.2) is 13.1 Å². The molecule has 1 rings (SSSR count). The first kappa shape index (κ1) is 16.3. The standard InChI is InChI=1S/C11H17N3O5S/c1-3-19-7-6-13-20(17,18)11-8-9(14(15)16)4-5-10(11)12-2/h4-5,8,12-13H,3,6-7H2,1-2H3. The zero-order chi connectivity index (χ0) is 15.2. The summed E-state index contributed by atoms with van der Waals surface area (Å²) in [6.07, 6.45) is 0. The molecule has 1 aromatic rings. The third-order valence-electron chi connectivity index (χ3n) is 2.48. The first-order valence-corrected chi connectivity index (χ1v) is 7.44. The summed E-state index contributed by atoms with van der Waals surface area (Å²) in [5, 5.41) is 13.4. The van der Waals surface area contributed by atoms with Gasteiger partial charge in [-0.3, -0.25) is 10.1 Å². The number of rotatable bonds is 8. The van der Waals surface area contributed by atoms with E-state index in [1.165, 1.54) is 12.1 Å². The Morgan fingerprint density at radius 2 is 2.10 bits per heavy atom. The number of non-ortho nitro benzene ring substituents is 1. The molecule has 9 heteroatoms. The fraction of sp³-hybridized carbons (Fsp3) is 0.455. The van der Waals surface area contributed by atoms with Crippen LogP contribution in [-0.4, -0.2) is 40.1 Å². The van der Waals surface area contributed by atoms with E-state index < -0.39 is 14.9 Å². The molecule has 0 amide bonds. The number of anilines is 1. The fourth-order valence-corrected chi connectivity index (χ4v) is 2.77. The van der Waals surface area contributed by atoms with Crippen LogP contribution in [0.5, 0.6) is 0 Å². The van der Waals surface area contributed by atoms with E-state index >= 15 is 0 Å². The molecular formula is C11H17N3O5S. The van der Waals surface area contributed by atoms with E-state index in [0.717, 1.165) is 6.07 Å². The van der Waals surface area contributed by atoms with Crippen molar-refractivity contribution in [1.29, 1.82) is 0 Å². The molecular weight excluding hydrogens is 286 g/mol. The molecule has 0 atom stereocenters. The lowest BCUT2D eigenvalue weighted by atomic mass is 10.3. The second-order valence-corrected chi connectivity index (χ2v) is 5.52. The first-order chi connectivity index (χ1) is 9.42. The average molecular weight is 303 g/mol. The van der Waals surface area contributed by atoms with Crippen LogP contribution in [0.25, 0.3) is 0 Å². The number of ether oxygens (including phenoxy) is 1. The van der Waals surface area contributed by atoms with Crippen LogP contribution >= 0.6 is 0 Å². The minimum atomic E-state index is -3.84. The van der Waals surface area contributed by atoms with Gasteiger partial charge in [0.25, 0.3) is 5.69 Å². The van der Waals surface area contributed by atoms with E-state index in [1.54, 1.807) is 14.0 Å². The van der Waals surface area contributed by atoms with Crippen molar-refractivity contribution < 1.29 is 18.1 Å². The number of nitrogens with one attached hydrogen (secondary N) is 2. The summed E-state index contributed by atoms with van der Waals surface area (Å²) in [5.41, 5.74) is 0.00805. The Kier molecular flexibility index (Phi) is 5.86. The van der Waals surface area contributed by atoms with Crippen molar-refractivity contribution in [2.75, 3.05) is 32.1 Å². The Balaban J connectivity index is 3.02. The van der Waals surface area contributed by atoms with Gasteiger partial charge in [0.15, 0.2) is 0 Å². The minimum Gasteiger partial charge on any atom is -0.387 e. The van der Waals surface area contributed by atoms with Gasteiger partial charge in [-0.2, -0.15) is 0 Å². The molecule has 0 unspecified atom stereocenters. The first-order valence-electron chi connectivity index (χ1n) is 5.96. The SMILES string of the molecule is CCOCCNS(=O)(=O)c1cc([N+](=O)[O-])ccc1NC. The monoisotopic (exact) mass is 303 g/mol. The van der Waals surface area contributed by atoms with Gasteiger partial charge in [0.2, 0.25) is 10.0 Å². The Labute approximate surface area is 117 Å². The van der Waals surface area contributed by atoms with Crippen LogP contribution in [0.15, 0.2) is 23.1 Å². The van der Waals surface area contributed by atoms with Gasteiger partial charge in [0.1, 0.15) is 4.90 Å². The summed E-state index contributed by atoms with van der Waals surface area (Å²) in [5.74, 6) is 0. The van der Waals surface area contributed by atoms with Crippen LogP contribution in [0.3, 0.4) is 0 Å². The van der Waals surface area contributed by atoms with Crippen molar-refractivity contribution in [2.24, 2.45) is 0 Å². The zero-order valence-electron chi connectivity index (χ0n) is 11.3. The number of sulfonamides is 1. The molecule has 0 aliphatic rings. The molecule has 0 fully saturated rings. The van der Waals surface area contributed by atoms with Gasteiger partial charge in [0.05, 0.1) is 17.2 Å². The van der Waals surface area contributed by atoms with Crippen molar-refractivity contribution in [3.63, 3.8) is 0 Å². The van der Waals surface area contributed by atoms with Crippen molar-refractivity contribution >= 4 is 21.4 Å². The van der Waals surface area contributed by atoms with E-state index in [4.69, 9.17) is 4.74 Å². The quantitative estimate of drug-likeness (QED) is 0.420. The molecule has 0 spiro atoms. The predicted octanol–water partition coefficient (Wildman–Crippen LogP) is 0.951. The Morgan fingerprint density at radius 3 is 2.65 bits per heavy atom. The predicted molar refractivity (Wildman–Crippen MR) is 74.3 cm³/mol. The van der Waals surface area contributed by atoms with Gasteiger partial charge >= 0.3 is 0 Å². The Morgan fingerprint density at radius 1 is 1.40 bits per heavy atom. The molecule has 20 heavy (non-hydrogen) atoms. The normalized spacial score (nSPS) is 11.3. The summed E-state index contributed by atoms with van der Waals surface area (Å²) < 4.78 is 31.6. The highest BCUT2D eigenvalue weighted by molar-refractivity contribution is 7.89. The maximum Gasteiger partial charge on any atom is 0.270 e. The molecule has 0 bridgehead atoms. The van der Waals surface area contributed by atoms with Gasteiger partial charge in [-0.15, -0.1) is 0 Å². The number of nitro groups is 1. The molecule has 112 valence electrons. The maximum absolute atomic E-state index is 12.1. The highest BCUT2D eigenvalue weighted by atomic mass is 32.2. The summed E-state index contributed by atoms with van der Waals surface area (Å²) in [4.78, 5) is 9.93. The second-order valence-electron chi connectivity index (χ2n) is 3.78. The molecule has 2 N–H and O–H groups in total. The number of nitrogens with zero attached hydrogens (tertiary/aromatic N) is 1. The molecule has 8 nitrogen and oxygen atoms in total. The molecule has 0 aromatic heterocycles. The van der Waals surface area contributed by atoms with E-state index in [0.29, 0.717) is 12.3 Å². The maximum atomic E-state index is 12.1. The molecule has 0 aliphatic carbocycles. The van der Waals surface area contributed by atoms with Crippen LogP contribution in [0, 0.1) is 10.1 Å². The molecule has 0 saturated heterocycles. The number of benzene rings is 1. The summed E-state index contributed by atoms with van der Waals surface area (Å²) in [7, 11) is -2.29. The molecule has 1 aromatic carbocycles. The van der Waals surface area contributed by atoms with Crippen LogP contribution in [0.4, 0.5) is 11.4 Å². The van der Waals surface area contributed by atoms with Crippen molar-refractivity contribution in [3.05, 3.63) is 28.3 Å². The molecule has 0 heterocycles. The van der Waals surface area contributed by atoms with Gasteiger partial charge in [0, 0.05) is 32.3 Å². The fourth-order valence-electron chi connectivity index (χ4n) is 1.52. The van der Waals surface area contributed by atoms with Crippen LogP contribution in [0.2, 0.25) is 0 Å². The Bertz CT molecular complexity index is 573. The van der Waals surface area contributed by atoms with Crippen LogP contribution < -0.4 is 10.0 Å². The lowest BCUT2D eigenvalue weighted by molar-refractivity contribution is -0.385. The lowest BCUT2D eigenvalue weighted by Gasteiger charge is -2.11. The third-order valence-corrected chi connectivity index (χ3v) is 3.98. The number of hydrogen-bond donors (Lipinski definition) is 2. The van der Waals surface area contributed by atoms with E-state index in [1.807, 2.05) is 0 Å². The van der Waals surface area contributed by atoms with Gasteiger partial charge < -0.3 is 10.1 Å². The highest BCUT2D eigenvalue weighted by Gasteiger charge is 2.21. The number of nitro benzene ring substituents is 1. The van der Waals surface area contributed by atoms with Crippen molar-refractivity contribution in [3.8, 4) is 0 Å². The summed E-state index contributed by atoms with van der Waals surface area (Å²) in [6, 6.07) is 3.62. The number of hydrogen-bond acceptors (Lipinski definition) is 6. The second kappa shape index (κ2) is 7.17. The molecule has 0 saturated carbocycles. The van der Waals surface area contributed by atoms with Crippen molar-refractivity contribution in [1.82, 2.24) is 4.72 Å². The van der Waals surface area contributed by atoms with Crippen LogP contribution in [0.1, 0.15) is 6.92 Å². The molecule has 0 aliphatic heterocycles. The third kappa shape index (κ3) is 4.15. The van der Waals surface area contributed by atoms with E-state index in [-0.39, 0.29) is 23.7 Å². The van der Waals surface area contributed by atoms with E-state index in [2.05, 4.69) is 10.0 Å². The van der Waals surface area contributed by atoms with Gasteiger partial charge in [-0.1, -0.05) is 0 Å². The smallest absolute Gasteiger partial charge is 0.270 e. The molecule has 0 radical (unpaired) electrons. The summed E-state index contributed by atoms with van der Waals surface area (Å²) >= 11 is 0. The summed E-state index contributed by atoms with van der Waals surface area (Å²) in [6.45, 7) is 2.62. The highest BCUT2D eigenvalue weighted by Crippen LogP contribution is 2.25. The lowest BCUT2D eigenvalue weighted by Crippen LogP contribution is -2.28. The van der Waals surface area contributed by atoms with E-state index in [9.17, 15) is 18.5 Å².